The lowest BCUT2D eigenvalue weighted by Gasteiger charge is -2.31. The van der Waals surface area contributed by atoms with Gasteiger partial charge in [-0.15, -0.1) is 0 Å². The Bertz CT molecular complexity index is 571. The second kappa shape index (κ2) is 8.95. The maximum absolute atomic E-state index is 11.7. The molecule has 0 bridgehead atoms. The molecule has 1 amide bonds. The molecule has 0 aliphatic carbocycles. The summed E-state index contributed by atoms with van der Waals surface area (Å²) in [6.07, 6.45) is 1.38. The fraction of sp³-hybridized carbons (Fsp3) is 0.562. The summed E-state index contributed by atoms with van der Waals surface area (Å²) in [4.78, 5) is 22.0. The van der Waals surface area contributed by atoms with Gasteiger partial charge in [0.05, 0.1) is 26.0 Å². The Morgan fingerprint density at radius 1 is 1.46 bits per heavy atom. The molecule has 8 nitrogen and oxygen atoms in total. The molecule has 1 saturated heterocycles. The number of carbonyl (C=O) groups excluding carboxylic acids is 1. The van der Waals surface area contributed by atoms with Gasteiger partial charge >= 0.3 is 6.09 Å². The Hall–Kier alpha value is -2.51. The van der Waals surface area contributed by atoms with E-state index in [0.29, 0.717) is 38.1 Å². The zero-order valence-corrected chi connectivity index (χ0v) is 14.2. The molecule has 0 unspecified atom stereocenters. The van der Waals surface area contributed by atoms with Crippen LogP contribution in [0.25, 0.3) is 0 Å². The maximum atomic E-state index is 11.7. The Labute approximate surface area is 142 Å². The number of carbonyl (C=O) groups is 1. The second-order valence-electron chi connectivity index (χ2n) is 5.48. The van der Waals surface area contributed by atoms with Crippen LogP contribution >= 0.6 is 0 Å². The highest BCUT2D eigenvalue weighted by Gasteiger charge is 2.23. The van der Waals surface area contributed by atoms with Crippen molar-refractivity contribution in [1.29, 1.82) is 0 Å². The topological polar surface area (TPSA) is 102 Å². The van der Waals surface area contributed by atoms with Gasteiger partial charge in [0.15, 0.2) is 5.96 Å². The molecule has 0 radical (unpaired) electrons. The van der Waals surface area contributed by atoms with Crippen molar-refractivity contribution >= 4 is 12.1 Å². The van der Waals surface area contributed by atoms with E-state index in [2.05, 4.69) is 15.3 Å². The van der Waals surface area contributed by atoms with Crippen molar-refractivity contribution in [2.45, 2.75) is 32.4 Å². The van der Waals surface area contributed by atoms with Crippen molar-refractivity contribution in [1.82, 2.24) is 15.2 Å². The van der Waals surface area contributed by atoms with Crippen LogP contribution in [0.1, 0.15) is 25.5 Å². The molecule has 2 rings (SSSR count). The monoisotopic (exact) mass is 335 g/mol. The van der Waals surface area contributed by atoms with Crippen molar-refractivity contribution in [2.24, 2.45) is 10.7 Å². The number of methoxy groups -OCH3 is 1. The summed E-state index contributed by atoms with van der Waals surface area (Å²) < 4.78 is 10.1. The van der Waals surface area contributed by atoms with E-state index in [1.807, 2.05) is 12.1 Å². The number of pyridine rings is 1. The molecule has 8 heteroatoms. The molecule has 2 heterocycles. The van der Waals surface area contributed by atoms with Crippen LogP contribution in [0.15, 0.2) is 23.2 Å². The van der Waals surface area contributed by atoms with Gasteiger partial charge in [-0.25, -0.2) is 14.8 Å². The van der Waals surface area contributed by atoms with Gasteiger partial charge in [-0.1, -0.05) is 6.07 Å². The van der Waals surface area contributed by atoms with E-state index < -0.39 is 0 Å². The molecule has 0 saturated carbocycles. The molecule has 1 aromatic heterocycles. The minimum atomic E-state index is -0.248. The number of rotatable bonds is 5. The van der Waals surface area contributed by atoms with Gasteiger partial charge in [0.2, 0.25) is 5.88 Å². The number of guanidine groups is 1. The van der Waals surface area contributed by atoms with E-state index in [-0.39, 0.29) is 12.1 Å². The predicted octanol–water partition coefficient (Wildman–Crippen LogP) is 1.12. The number of hydrogen-bond acceptors (Lipinski definition) is 5. The summed E-state index contributed by atoms with van der Waals surface area (Å²) in [7, 11) is 1.58. The van der Waals surface area contributed by atoms with Crippen molar-refractivity contribution < 1.29 is 14.3 Å². The number of likely N-dealkylation sites (tertiary alicyclic amines) is 1. The molecular weight excluding hydrogens is 310 g/mol. The quantitative estimate of drug-likeness (QED) is 0.617. The van der Waals surface area contributed by atoms with Crippen molar-refractivity contribution in [2.75, 3.05) is 26.8 Å². The lowest BCUT2D eigenvalue weighted by Crippen LogP contribution is -2.48. The number of piperidine rings is 1. The highest BCUT2D eigenvalue weighted by atomic mass is 16.6. The Morgan fingerprint density at radius 3 is 2.88 bits per heavy atom. The Morgan fingerprint density at radius 2 is 2.21 bits per heavy atom. The molecule has 132 valence electrons. The van der Waals surface area contributed by atoms with Crippen LogP contribution in [0.2, 0.25) is 0 Å². The van der Waals surface area contributed by atoms with Crippen LogP contribution in [0.5, 0.6) is 5.88 Å². The summed E-state index contributed by atoms with van der Waals surface area (Å²) in [6, 6.07) is 5.73. The van der Waals surface area contributed by atoms with Crippen molar-refractivity contribution in [3.63, 3.8) is 0 Å². The van der Waals surface area contributed by atoms with Gasteiger partial charge in [0, 0.05) is 25.2 Å². The van der Waals surface area contributed by atoms with E-state index in [4.69, 9.17) is 15.2 Å². The lowest BCUT2D eigenvalue weighted by molar-refractivity contribution is 0.0963. The van der Waals surface area contributed by atoms with Gasteiger partial charge in [-0.2, -0.15) is 0 Å². The van der Waals surface area contributed by atoms with Crippen molar-refractivity contribution in [3.8, 4) is 5.88 Å². The molecule has 0 atom stereocenters. The summed E-state index contributed by atoms with van der Waals surface area (Å²) >= 11 is 0. The van der Waals surface area contributed by atoms with Crippen LogP contribution in [-0.2, 0) is 11.3 Å². The fourth-order valence-electron chi connectivity index (χ4n) is 2.50. The van der Waals surface area contributed by atoms with E-state index in [1.54, 1.807) is 25.0 Å². The number of nitrogens with zero attached hydrogens (tertiary/aromatic N) is 3. The first-order valence-corrected chi connectivity index (χ1v) is 8.10. The molecule has 0 aromatic carbocycles. The standard InChI is InChI=1S/C16H25N5O3/c1-3-24-16(22)21-9-7-12(8-10-21)20-15(17)18-11-13-5-4-6-14(19-13)23-2/h4-6,12H,3,7-11H2,1-2H3,(H3,17,18,20). The first kappa shape index (κ1) is 17.8. The highest BCUT2D eigenvalue weighted by molar-refractivity contribution is 5.78. The third kappa shape index (κ3) is 5.29. The molecule has 3 N–H and O–H groups in total. The van der Waals surface area contributed by atoms with Gasteiger partial charge in [-0.3, -0.25) is 0 Å². The van der Waals surface area contributed by atoms with Gasteiger partial charge in [-0.05, 0) is 25.8 Å². The van der Waals surface area contributed by atoms with Gasteiger partial charge in [0.25, 0.3) is 0 Å². The van der Waals surface area contributed by atoms with Crippen LogP contribution in [0, 0.1) is 0 Å². The van der Waals surface area contributed by atoms with Crippen LogP contribution < -0.4 is 15.8 Å². The van der Waals surface area contributed by atoms with Crippen LogP contribution in [-0.4, -0.2) is 54.8 Å². The highest BCUT2D eigenvalue weighted by Crippen LogP contribution is 2.11. The maximum Gasteiger partial charge on any atom is 0.409 e. The third-order valence-corrected chi connectivity index (χ3v) is 3.77. The molecule has 24 heavy (non-hydrogen) atoms. The summed E-state index contributed by atoms with van der Waals surface area (Å²) in [6.45, 7) is 3.90. The van der Waals surface area contributed by atoms with E-state index in [0.717, 1.165) is 18.5 Å². The minimum absolute atomic E-state index is 0.206. The first-order chi connectivity index (χ1) is 11.6. The number of nitrogens with one attached hydrogen (secondary N) is 1. The molecule has 1 aliphatic rings. The summed E-state index contributed by atoms with van der Waals surface area (Å²) in [5.41, 5.74) is 6.73. The molecular formula is C16H25N5O3. The average Bonchev–Trinajstić information content (AvgIpc) is 2.61. The number of hydrogen-bond donors (Lipinski definition) is 2. The number of aliphatic imine (C=N–C) groups is 1. The zero-order valence-electron chi connectivity index (χ0n) is 14.2. The Kier molecular flexibility index (Phi) is 6.65. The minimum Gasteiger partial charge on any atom is -0.481 e. The lowest BCUT2D eigenvalue weighted by atomic mass is 10.1. The van der Waals surface area contributed by atoms with E-state index in [1.165, 1.54) is 0 Å². The first-order valence-electron chi connectivity index (χ1n) is 8.10. The molecule has 0 spiro atoms. The van der Waals surface area contributed by atoms with Crippen molar-refractivity contribution in [3.05, 3.63) is 23.9 Å². The summed E-state index contributed by atoms with van der Waals surface area (Å²) in [5, 5.41) is 3.20. The second-order valence-corrected chi connectivity index (χ2v) is 5.48. The zero-order chi connectivity index (χ0) is 17.4. The van der Waals surface area contributed by atoms with Gasteiger partial charge < -0.3 is 25.4 Å². The number of nitrogens with two attached hydrogens (primary N) is 1. The summed E-state index contributed by atoms with van der Waals surface area (Å²) in [5.74, 6) is 0.940. The largest absolute Gasteiger partial charge is 0.481 e. The molecule has 1 aromatic rings. The average molecular weight is 335 g/mol. The van der Waals surface area contributed by atoms with E-state index in [9.17, 15) is 4.79 Å². The van der Waals surface area contributed by atoms with E-state index >= 15 is 0 Å². The Balaban J connectivity index is 1.78. The third-order valence-electron chi connectivity index (χ3n) is 3.77. The molecule has 1 fully saturated rings. The normalized spacial score (nSPS) is 15.9. The van der Waals surface area contributed by atoms with Gasteiger partial charge in [0.1, 0.15) is 0 Å². The number of ether oxygens (including phenoxy) is 2. The van der Waals surface area contributed by atoms with Crippen LogP contribution in [0.3, 0.4) is 0 Å². The fourth-order valence-corrected chi connectivity index (χ4v) is 2.50. The smallest absolute Gasteiger partial charge is 0.409 e. The number of aromatic nitrogens is 1. The molecule has 1 aliphatic heterocycles. The SMILES string of the molecule is CCOC(=O)N1CCC(NC(N)=NCc2cccc(OC)n2)CC1. The predicted molar refractivity (Wildman–Crippen MR) is 90.9 cm³/mol. The van der Waals surface area contributed by atoms with Crippen LogP contribution in [0.4, 0.5) is 4.79 Å². The number of amides is 1.